The van der Waals surface area contributed by atoms with Crippen molar-refractivity contribution in [3.8, 4) is 0 Å². The van der Waals surface area contributed by atoms with Crippen LogP contribution >= 0.6 is 11.6 Å². The van der Waals surface area contributed by atoms with Gasteiger partial charge in [-0.05, 0) is 55.0 Å². The number of benzene rings is 1. The Morgan fingerprint density at radius 1 is 1.22 bits per heavy atom. The van der Waals surface area contributed by atoms with E-state index in [0.717, 1.165) is 42.7 Å². The minimum atomic E-state index is -0.903. The van der Waals surface area contributed by atoms with Crippen molar-refractivity contribution in [2.75, 3.05) is 24.5 Å². The second-order valence-electron chi connectivity index (χ2n) is 7.70. The molecule has 7 heteroatoms. The van der Waals surface area contributed by atoms with Gasteiger partial charge in [0, 0.05) is 37.0 Å². The summed E-state index contributed by atoms with van der Waals surface area (Å²) in [5, 5.41) is 11.2. The Balaban J connectivity index is 1.50. The molecule has 4 rings (SSSR count). The summed E-state index contributed by atoms with van der Waals surface area (Å²) in [6.07, 6.45) is 2.27. The highest BCUT2D eigenvalue weighted by molar-refractivity contribution is 6.31. The van der Waals surface area contributed by atoms with Gasteiger partial charge in [0.1, 0.15) is 11.9 Å². The number of anilines is 1. The number of amides is 1. The molecule has 1 aromatic carbocycles. The number of likely N-dealkylation sites (tertiary alicyclic amines) is 1. The monoisotopic (exact) mass is 387 g/mol. The van der Waals surface area contributed by atoms with Crippen LogP contribution in [-0.4, -0.2) is 52.5 Å². The van der Waals surface area contributed by atoms with Gasteiger partial charge in [-0.3, -0.25) is 4.79 Å². The van der Waals surface area contributed by atoms with E-state index >= 15 is 0 Å². The fourth-order valence-electron chi connectivity index (χ4n) is 4.44. The number of fused-ring (bicyclic) bond motifs is 1. The number of carboxylic acid groups (broad SMARTS) is 1. The first kappa shape index (κ1) is 18.0. The van der Waals surface area contributed by atoms with Crippen LogP contribution in [0.15, 0.2) is 30.3 Å². The Kier molecular flexibility index (Phi) is 4.46. The first-order valence-electron chi connectivity index (χ1n) is 9.18. The van der Waals surface area contributed by atoms with Crippen molar-refractivity contribution in [3.63, 3.8) is 0 Å². The molecule has 1 unspecified atom stereocenters. The van der Waals surface area contributed by atoms with E-state index in [9.17, 15) is 14.7 Å². The van der Waals surface area contributed by atoms with Gasteiger partial charge in [-0.25, -0.2) is 9.78 Å². The van der Waals surface area contributed by atoms with Crippen LogP contribution in [0.25, 0.3) is 10.9 Å². The number of piperidine rings is 1. The van der Waals surface area contributed by atoms with Crippen LogP contribution < -0.4 is 4.90 Å². The van der Waals surface area contributed by atoms with E-state index in [0.29, 0.717) is 18.0 Å². The molecule has 1 aromatic heterocycles. The first-order chi connectivity index (χ1) is 12.9. The summed E-state index contributed by atoms with van der Waals surface area (Å²) in [5.74, 6) is -0.133. The summed E-state index contributed by atoms with van der Waals surface area (Å²) in [7, 11) is 0. The summed E-state index contributed by atoms with van der Waals surface area (Å²) >= 11 is 6.04. The third kappa shape index (κ3) is 3.34. The van der Waals surface area contributed by atoms with Crippen molar-refractivity contribution in [3.05, 3.63) is 35.4 Å². The summed E-state index contributed by atoms with van der Waals surface area (Å²) in [5.41, 5.74) is 0.807. The number of nitrogens with zero attached hydrogens (tertiary/aromatic N) is 3. The number of rotatable bonds is 2. The Hall–Kier alpha value is -2.34. The van der Waals surface area contributed by atoms with E-state index in [2.05, 4.69) is 4.90 Å². The summed E-state index contributed by atoms with van der Waals surface area (Å²) in [6, 6.07) is 9.00. The second-order valence-corrected chi connectivity index (χ2v) is 8.14. The number of carbonyl (C=O) groups is 2. The van der Waals surface area contributed by atoms with Crippen LogP contribution in [0, 0.1) is 5.41 Å². The van der Waals surface area contributed by atoms with E-state index < -0.39 is 12.0 Å². The smallest absolute Gasteiger partial charge is 0.326 e. The zero-order chi connectivity index (χ0) is 19.2. The average molecular weight is 388 g/mol. The Morgan fingerprint density at radius 3 is 2.59 bits per heavy atom. The average Bonchev–Trinajstić information content (AvgIpc) is 3.02. The Morgan fingerprint density at radius 2 is 1.96 bits per heavy atom. The molecule has 3 heterocycles. The number of hydrogen-bond donors (Lipinski definition) is 1. The first-order valence-corrected chi connectivity index (χ1v) is 9.56. The maximum absolute atomic E-state index is 11.9. The molecule has 0 saturated carbocycles. The van der Waals surface area contributed by atoms with Gasteiger partial charge in [0.25, 0.3) is 0 Å². The van der Waals surface area contributed by atoms with E-state index in [4.69, 9.17) is 16.6 Å². The molecular weight excluding hydrogens is 366 g/mol. The largest absolute Gasteiger partial charge is 0.480 e. The fourth-order valence-corrected chi connectivity index (χ4v) is 4.62. The van der Waals surface area contributed by atoms with Gasteiger partial charge in [-0.2, -0.15) is 0 Å². The number of halogens is 1. The van der Waals surface area contributed by atoms with Gasteiger partial charge >= 0.3 is 5.97 Å². The number of carbonyl (C=O) groups excluding carboxylic acids is 1. The molecule has 2 fully saturated rings. The molecule has 142 valence electrons. The molecule has 2 saturated heterocycles. The molecule has 1 amide bonds. The lowest BCUT2D eigenvalue weighted by atomic mass is 9.76. The predicted octanol–water partition coefficient (Wildman–Crippen LogP) is 3.18. The number of pyridine rings is 1. The van der Waals surface area contributed by atoms with Crippen molar-refractivity contribution in [1.82, 2.24) is 9.88 Å². The molecule has 6 nitrogen and oxygen atoms in total. The molecule has 1 spiro atoms. The van der Waals surface area contributed by atoms with Crippen molar-refractivity contribution in [1.29, 1.82) is 0 Å². The Labute approximate surface area is 162 Å². The van der Waals surface area contributed by atoms with Crippen LogP contribution in [0.5, 0.6) is 0 Å². The van der Waals surface area contributed by atoms with Crippen LogP contribution in [0.2, 0.25) is 5.02 Å². The second kappa shape index (κ2) is 6.68. The van der Waals surface area contributed by atoms with Gasteiger partial charge in [-0.15, -0.1) is 0 Å². The molecule has 1 N–H and O–H groups in total. The predicted molar refractivity (Wildman–Crippen MR) is 104 cm³/mol. The SMILES string of the molecule is CC(=O)N1CC2(CCN(c3ccc4cc(Cl)ccc4n3)CC2)CC1C(=O)O. The topological polar surface area (TPSA) is 73.7 Å². The van der Waals surface area contributed by atoms with Crippen molar-refractivity contribution in [2.45, 2.75) is 32.2 Å². The fraction of sp³-hybridized carbons (Fsp3) is 0.450. The van der Waals surface area contributed by atoms with Crippen molar-refractivity contribution >= 4 is 40.2 Å². The lowest BCUT2D eigenvalue weighted by Crippen LogP contribution is -2.42. The lowest BCUT2D eigenvalue weighted by molar-refractivity contribution is -0.147. The highest BCUT2D eigenvalue weighted by Crippen LogP contribution is 2.44. The molecule has 27 heavy (non-hydrogen) atoms. The zero-order valence-corrected chi connectivity index (χ0v) is 15.9. The van der Waals surface area contributed by atoms with Gasteiger partial charge in [-0.1, -0.05) is 11.6 Å². The number of aliphatic carboxylic acids is 1. The third-order valence-electron chi connectivity index (χ3n) is 5.98. The van der Waals surface area contributed by atoms with Crippen molar-refractivity contribution in [2.24, 2.45) is 5.41 Å². The van der Waals surface area contributed by atoms with Crippen LogP contribution in [-0.2, 0) is 9.59 Å². The summed E-state index contributed by atoms with van der Waals surface area (Å²) < 4.78 is 0. The zero-order valence-electron chi connectivity index (χ0n) is 15.2. The highest BCUT2D eigenvalue weighted by Gasteiger charge is 2.49. The Bertz CT molecular complexity index is 884. The molecular formula is C20H22ClN3O3. The molecule has 2 aromatic rings. The molecule has 0 radical (unpaired) electrons. The molecule has 1 atom stereocenters. The third-order valence-corrected chi connectivity index (χ3v) is 6.22. The number of hydrogen-bond acceptors (Lipinski definition) is 4. The maximum atomic E-state index is 11.9. The van der Waals surface area contributed by atoms with Gasteiger partial charge in [0.15, 0.2) is 0 Å². The minimum Gasteiger partial charge on any atom is -0.480 e. The minimum absolute atomic E-state index is 0.102. The molecule has 0 bridgehead atoms. The lowest BCUT2D eigenvalue weighted by Gasteiger charge is -2.39. The van der Waals surface area contributed by atoms with Crippen molar-refractivity contribution < 1.29 is 14.7 Å². The van der Waals surface area contributed by atoms with E-state index in [1.165, 1.54) is 11.8 Å². The van der Waals surface area contributed by atoms with Gasteiger partial charge < -0.3 is 14.9 Å². The standard InChI is InChI=1S/C20H22ClN3O3/c1-13(25)24-12-20(11-17(24)19(26)27)6-8-23(9-7-20)18-5-2-14-10-15(21)3-4-16(14)22-18/h2-5,10,17H,6-9,11-12H2,1H3,(H,26,27). The summed E-state index contributed by atoms with van der Waals surface area (Å²) in [4.78, 5) is 31.9. The van der Waals surface area contributed by atoms with Crippen LogP contribution in [0.1, 0.15) is 26.2 Å². The van der Waals surface area contributed by atoms with E-state index in [-0.39, 0.29) is 11.3 Å². The van der Waals surface area contributed by atoms with Gasteiger partial charge in [0.2, 0.25) is 5.91 Å². The molecule has 0 aliphatic carbocycles. The van der Waals surface area contributed by atoms with E-state index in [1.54, 1.807) is 0 Å². The maximum Gasteiger partial charge on any atom is 0.326 e. The summed E-state index contributed by atoms with van der Waals surface area (Å²) in [6.45, 7) is 3.61. The highest BCUT2D eigenvalue weighted by atomic mass is 35.5. The number of aromatic nitrogens is 1. The molecule has 2 aliphatic heterocycles. The van der Waals surface area contributed by atoms with Crippen LogP contribution in [0.4, 0.5) is 5.82 Å². The quantitative estimate of drug-likeness (QED) is 0.856. The number of carboxylic acids is 1. The van der Waals surface area contributed by atoms with Gasteiger partial charge in [0.05, 0.1) is 5.52 Å². The normalized spacial score (nSPS) is 21.8. The van der Waals surface area contributed by atoms with Crippen LogP contribution in [0.3, 0.4) is 0 Å². The van der Waals surface area contributed by atoms with E-state index in [1.807, 2.05) is 30.3 Å². The molecule has 2 aliphatic rings.